The van der Waals surface area contributed by atoms with Gasteiger partial charge in [0.25, 0.3) is 0 Å². The van der Waals surface area contributed by atoms with E-state index in [0.717, 1.165) is 11.8 Å². The van der Waals surface area contributed by atoms with Crippen molar-refractivity contribution in [3.63, 3.8) is 0 Å². The maximum atomic E-state index is 13.4. The molecule has 1 rings (SSSR count). The molecule has 0 aliphatic heterocycles. The molecule has 0 N–H and O–H groups in total. The smallest absolute Gasteiger partial charge is 0.242 e. The normalized spacial score (nSPS) is 10.3. The lowest BCUT2D eigenvalue weighted by atomic mass is 10.3. The number of likely N-dealkylation sites (N-methyl/N-ethyl adjacent to an activating group) is 2. The summed E-state index contributed by atoms with van der Waals surface area (Å²) < 4.78 is 13.4. The number of hydrogen-bond donors (Lipinski definition) is 0. The third-order valence-corrected chi connectivity index (χ3v) is 4.14. The van der Waals surface area contributed by atoms with Crippen LogP contribution in [0.25, 0.3) is 0 Å². The third kappa shape index (κ3) is 5.38. The van der Waals surface area contributed by atoms with E-state index < -0.39 is 0 Å². The molecule has 0 aromatic heterocycles. The highest BCUT2D eigenvalue weighted by Gasteiger charge is 2.17. The number of carbonyl (C=O) groups is 2. The third-order valence-electron chi connectivity index (χ3n) is 3.10. The van der Waals surface area contributed by atoms with Gasteiger partial charge in [0, 0.05) is 25.0 Å². The van der Waals surface area contributed by atoms with Crippen LogP contribution in [-0.4, -0.2) is 54.0 Å². The van der Waals surface area contributed by atoms with Crippen LogP contribution in [0.3, 0.4) is 0 Å². The van der Waals surface area contributed by atoms with Gasteiger partial charge in [0.15, 0.2) is 0 Å². The summed E-state index contributed by atoms with van der Waals surface area (Å²) in [5.41, 5.74) is 0. The summed E-state index contributed by atoms with van der Waals surface area (Å²) in [6, 6.07) is 6.33. The largest absolute Gasteiger partial charge is 0.342 e. The van der Waals surface area contributed by atoms with Gasteiger partial charge in [-0.2, -0.15) is 0 Å². The van der Waals surface area contributed by atoms with Crippen LogP contribution in [-0.2, 0) is 9.59 Å². The van der Waals surface area contributed by atoms with E-state index in [1.165, 1.54) is 11.0 Å². The van der Waals surface area contributed by atoms with Crippen LogP contribution in [0.1, 0.15) is 13.8 Å². The first kappa shape index (κ1) is 17.5. The molecule has 2 amide bonds. The Kier molecular flexibility index (Phi) is 7.22. The van der Waals surface area contributed by atoms with E-state index in [9.17, 15) is 14.0 Å². The number of rotatable bonds is 7. The van der Waals surface area contributed by atoms with Crippen LogP contribution >= 0.6 is 11.8 Å². The molecule has 21 heavy (non-hydrogen) atoms. The molecule has 116 valence electrons. The maximum absolute atomic E-state index is 13.4. The van der Waals surface area contributed by atoms with Crippen molar-refractivity contribution >= 4 is 23.6 Å². The number of amides is 2. The van der Waals surface area contributed by atoms with Crippen molar-refractivity contribution in [2.45, 2.75) is 18.7 Å². The molecular formula is C15H21FN2O2S. The lowest BCUT2D eigenvalue weighted by Crippen LogP contribution is -2.41. The quantitative estimate of drug-likeness (QED) is 0.725. The van der Waals surface area contributed by atoms with Gasteiger partial charge in [0.2, 0.25) is 11.8 Å². The molecule has 4 nitrogen and oxygen atoms in total. The van der Waals surface area contributed by atoms with Crippen molar-refractivity contribution < 1.29 is 14.0 Å². The van der Waals surface area contributed by atoms with E-state index in [-0.39, 0.29) is 29.9 Å². The fraction of sp³-hybridized carbons (Fsp3) is 0.467. The van der Waals surface area contributed by atoms with Crippen molar-refractivity contribution in [2.75, 3.05) is 32.4 Å². The summed E-state index contributed by atoms with van der Waals surface area (Å²) in [5, 5.41) is 0. The Morgan fingerprint density at radius 1 is 1.14 bits per heavy atom. The highest BCUT2D eigenvalue weighted by molar-refractivity contribution is 8.00. The van der Waals surface area contributed by atoms with Crippen molar-refractivity contribution in [3.8, 4) is 0 Å². The van der Waals surface area contributed by atoms with E-state index in [1.807, 2.05) is 13.8 Å². The standard InChI is InChI=1S/C15H21FN2O2S/c1-4-18(5-2)14(19)10-17(3)15(20)11-21-13-9-7-6-8-12(13)16/h6-9H,4-5,10-11H2,1-3H3. The first-order valence-electron chi connectivity index (χ1n) is 6.88. The first-order chi connectivity index (χ1) is 9.99. The maximum Gasteiger partial charge on any atom is 0.242 e. The molecule has 0 saturated heterocycles. The Bertz CT molecular complexity index is 492. The average Bonchev–Trinajstić information content (AvgIpc) is 2.47. The number of halogens is 1. The molecule has 0 spiro atoms. The lowest BCUT2D eigenvalue weighted by molar-refractivity contribution is -0.137. The summed E-state index contributed by atoms with van der Waals surface area (Å²) in [6.07, 6.45) is 0. The fourth-order valence-electron chi connectivity index (χ4n) is 1.78. The zero-order valence-electron chi connectivity index (χ0n) is 12.6. The summed E-state index contributed by atoms with van der Waals surface area (Å²) in [7, 11) is 1.59. The van der Waals surface area contributed by atoms with Crippen LogP contribution in [0.5, 0.6) is 0 Å². The molecule has 6 heteroatoms. The molecule has 0 fully saturated rings. The topological polar surface area (TPSA) is 40.6 Å². The Morgan fingerprint density at radius 2 is 1.76 bits per heavy atom. The minimum atomic E-state index is -0.336. The molecule has 1 aromatic carbocycles. The number of carbonyl (C=O) groups excluding carboxylic acids is 2. The Labute approximate surface area is 129 Å². The molecule has 0 atom stereocenters. The predicted molar refractivity (Wildman–Crippen MR) is 82.7 cm³/mol. The van der Waals surface area contributed by atoms with Gasteiger partial charge < -0.3 is 9.80 Å². The van der Waals surface area contributed by atoms with E-state index in [0.29, 0.717) is 18.0 Å². The molecule has 0 radical (unpaired) electrons. The van der Waals surface area contributed by atoms with Crippen LogP contribution in [0.15, 0.2) is 29.2 Å². The molecule has 1 aromatic rings. The summed E-state index contributed by atoms with van der Waals surface area (Å²) in [4.78, 5) is 27.4. The molecule has 0 aliphatic carbocycles. The van der Waals surface area contributed by atoms with Crippen molar-refractivity contribution in [1.82, 2.24) is 9.80 Å². The number of nitrogens with zero attached hydrogens (tertiary/aromatic N) is 2. The van der Waals surface area contributed by atoms with Crippen LogP contribution in [0.2, 0.25) is 0 Å². The van der Waals surface area contributed by atoms with Gasteiger partial charge in [0.05, 0.1) is 12.3 Å². The van der Waals surface area contributed by atoms with Gasteiger partial charge in [-0.1, -0.05) is 12.1 Å². The Balaban J connectivity index is 2.48. The van der Waals surface area contributed by atoms with Crippen LogP contribution < -0.4 is 0 Å². The summed E-state index contributed by atoms with van der Waals surface area (Å²) in [5.74, 6) is -0.490. The van der Waals surface area contributed by atoms with Gasteiger partial charge in [-0.25, -0.2) is 4.39 Å². The van der Waals surface area contributed by atoms with Gasteiger partial charge in [-0.05, 0) is 26.0 Å². The fourth-order valence-corrected chi connectivity index (χ4v) is 2.66. The molecule has 0 saturated carbocycles. The zero-order chi connectivity index (χ0) is 15.8. The molecule has 0 aliphatic rings. The zero-order valence-corrected chi connectivity index (χ0v) is 13.5. The monoisotopic (exact) mass is 312 g/mol. The molecule has 0 heterocycles. The number of benzene rings is 1. The molecule has 0 unspecified atom stereocenters. The van der Waals surface area contributed by atoms with E-state index in [1.54, 1.807) is 30.1 Å². The second kappa shape index (κ2) is 8.67. The van der Waals surface area contributed by atoms with Crippen LogP contribution in [0, 0.1) is 5.82 Å². The SMILES string of the molecule is CCN(CC)C(=O)CN(C)C(=O)CSc1ccccc1F. The molecular weight excluding hydrogens is 291 g/mol. The van der Waals surface area contributed by atoms with E-state index in [2.05, 4.69) is 0 Å². The highest BCUT2D eigenvalue weighted by Crippen LogP contribution is 2.21. The lowest BCUT2D eigenvalue weighted by Gasteiger charge is -2.23. The van der Waals surface area contributed by atoms with Crippen molar-refractivity contribution in [3.05, 3.63) is 30.1 Å². The second-order valence-corrected chi connectivity index (χ2v) is 5.55. The summed E-state index contributed by atoms with van der Waals surface area (Å²) in [6.45, 7) is 5.11. The number of thioether (sulfide) groups is 1. The van der Waals surface area contributed by atoms with Gasteiger partial charge in [0.1, 0.15) is 5.82 Å². The minimum Gasteiger partial charge on any atom is -0.342 e. The highest BCUT2D eigenvalue weighted by atomic mass is 32.2. The van der Waals surface area contributed by atoms with Gasteiger partial charge >= 0.3 is 0 Å². The Hall–Kier alpha value is -1.56. The van der Waals surface area contributed by atoms with Gasteiger partial charge in [-0.3, -0.25) is 9.59 Å². The summed E-state index contributed by atoms with van der Waals surface area (Å²) >= 11 is 1.14. The minimum absolute atomic E-state index is 0.0539. The van der Waals surface area contributed by atoms with Crippen molar-refractivity contribution in [2.24, 2.45) is 0 Å². The number of hydrogen-bond acceptors (Lipinski definition) is 3. The Morgan fingerprint density at radius 3 is 2.33 bits per heavy atom. The van der Waals surface area contributed by atoms with E-state index in [4.69, 9.17) is 0 Å². The first-order valence-corrected chi connectivity index (χ1v) is 7.87. The van der Waals surface area contributed by atoms with Gasteiger partial charge in [-0.15, -0.1) is 11.8 Å². The van der Waals surface area contributed by atoms with Crippen molar-refractivity contribution in [1.29, 1.82) is 0 Å². The second-order valence-electron chi connectivity index (χ2n) is 4.53. The average molecular weight is 312 g/mol. The predicted octanol–water partition coefficient (Wildman–Crippen LogP) is 2.24. The van der Waals surface area contributed by atoms with Crippen LogP contribution in [0.4, 0.5) is 4.39 Å². The molecule has 0 bridgehead atoms. The van der Waals surface area contributed by atoms with E-state index >= 15 is 0 Å².